The number of anilines is 1. The zero-order valence-electron chi connectivity index (χ0n) is 21.5. The number of rotatable bonds is 9. The summed E-state index contributed by atoms with van der Waals surface area (Å²) in [5.74, 6) is -3.27. The molecular weight excluding hydrogens is 565 g/mol. The lowest BCUT2D eigenvalue weighted by Gasteiger charge is -2.49. The largest absolute Gasteiger partial charge is 0.478 e. The number of nitrogens with one attached hydrogen (secondary N) is 1. The molecule has 2 aromatic rings. The normalized spacial score (nSPS) is 19.3. The Morgan fingerprint density at radius 3 is 2.59 bits per heavy atom. The van der Waals surface area contributed by atoms with Crippen molar-refractivity contribution in [2.75, 3.05) is 18.6 Å². The van der Waals surface area contributed by atoms with Crippen LogP contribution in [-0.2, 0) is 25.8 Å². The minimum Gasteiger partial charge on any atom is -0.478 e. The van der Waals surface area contributed by atoms with Gasteiger partial charge in [-0.25, -0.2) is 19.1 Å². The highest BCUT2D eigenvalue weighted by atomic mass is 32.2. The fraction of sp³-hybridized carbons (Fsp3) is 0.348. The number of thioether (sulfide) groups is 1. The molecule has 1 saturated heterocycles. The van der Waals surface area contributed by atoms with Gasteiger partial charge in [-0.1, -0.05) is 24.8 Å². The lowest BCUT2D eigenvalue weighted by Crippen LogP contribution is -2.71. The number of carbonyl (C=O) groups excluding carboxylic acids is 2. The van der Waals surface area contributed by atoms with Crippen LogP contribution in [0, 0.1) is 0 Å². The molecular formula is C23H27N6O7S2Si+. The smallest absolute Gasteiger partial charge is 0.352 e. The van der Waals surface area contributed by atoms with Gasteiger partial charge >= 0.3 is 11.9 Å². The summed E-state index contributed by atoms with van der Waals surface area (Å²) >= 11 is 2.44. The maximum absolute atomic E-state index is 13.1. The number of amides is 2. The Morgan fingerprint density at radius 2 is 2.03 bits per heavy atom. The molecule has 4 rings (SSSR count). The van der Waals surface area contributed by atoms with Gasteiger partial charge in [0.2, 0.25) is 0 Å². The minimum absolute atomic E-state index is 0.142. The molecule has 0 aliphatic carbocycles. The number of oxime groups is 1. The summed E-state index contributed by atoms with van der Waals surface area (Å²) < 4.78 is 1.75. The molecule has 4 heterocycles. The van der Waals surface area contributed by atoms with Crippen molar-refractivity contribution in [2.45, 2.75) is 37.6 Å². The fourth-order valence-electron chi connectivity index (χ4n) is 4.35. The van der Waals surface area contributed by atoms with Gasteiger partial charge in [-0.2, -0.15) is 0 Å². The van der Waals surface area contributed by atoms with E-state index >= 15 is 0 Å². The number of thiazole rings is 1. The number of nitrogens with zero attached hydrogens (tertiary/aromatic N) is 4. The first kappa shape index (κ1) is 28.3. The second-order valence-electron chi connectivity index (χ2n) is 9.81. The van der Waals surface area contributed by atoms with E-state index in [0.29, 0.717) is 11.3 Å². The first-order valence-electron chi connectivity index (χ1n) is 11.6. The highest BCUT2D eigenvalue weighted by Gasteiger charge is 2.55. The van der Waals surface area contributed by atoms with Crippen molar-refractivity contribution < 1.29 is 38.8 Å². The number of carboxylic acids is 2. The Hall–Kier alpha value is -3.76. The van der Waals surface area contributed by atoms with E-state index in [1.807, 2.05) is 19.6 Å². The van der Waals surface area contributed by atoms with E-state index in [1.165, 1.54) is 35.2 Å². The molecule has 0 radical (unpaired) electrons. The maximum atomic E-state index is 13.1. The van der Waals surface area contributed by atoms with Crippen LogP contribution < -0.4 is 20.8 Å². The second kappa shape index (κ2) is 10.8. The van der Waals surface area contributed by atoms with E-state index in [9.17, 15) is 29.4 Å². The zero-order valence-corrected chi connectivity index (χ0v) is 24.1. The van der Waals surface area contributed by atoms with Crippen LogP contribution in [0.1, 0.15) is 16.1 Å². The number of aromatic carboxylic acids is 1. The van der Waals surface area contributed by atoms with Crippen molar-refractivity contribution in [3.63, 3.8) is 0 Å². The van der Waals surface area contributed by atoms with Crippen molar-refractivity contribution in [1.82, 2.24) is 15.2 Å². The van der Waals surface area contributed by atoms with E-state index in [0.717, 1.165) is 16.5 Å². The van der Waals surface area contributed by atoms with Gasteiger partial charge < -0.3 is 26.1 Å². The lowest BCUT2D eigenvalue weighted by atomic mass is 10.0. The molecule has 13 nitrogen and oxygen atoms in total. The van der Waals surface area contributed by atoms with Crippen LogP contribution in [-0.4, -0.2) is 81.9 Å². The lowest BCUT2D eigenvalue weighted by molar-refractivity contribution is -0.688. The van der Waals surface area contributed by atoms with Gasteiger partial charge in [-0.3, -0.25) is 14.5 Å². The van der Waals surface area contributed by atoms with Gasteiger partial charge in [0.05, 0.1) is 13.6 Å². The Bertz CT molecular complexity index is 1430. The summed E-state index contributed by atoms with van der Waals surface area (Å²) in [7, 11) is -0.772. The molecule has 2 atom stereocenters. The van der Waals surface area contributed by atoms with Crippen molar-refractivity contribution in [2.24, 2.45) is 5.16 Å². The van der Waals surface area contributed by atoms with Gasteiger partial charge in [0.15, 0.2) is 29.8 Å². The van der Waals surface area contributed by atoms with Crippen LogP contribution in [0.25, 0.3) is 0 Å². The van der Waals surface area contributed by atoms with Crippen molar-refractivity contribution in [3.05, 3.63) is 46.4 Å². The third kappa shape index (κ3) is 5.53. The highest BCUT2D eigenvalue weighted by molar-refractivity contribution is 8.00. The first-order valence-corrected chi connectivity index (χ1v) is 17.1. The molecule has 5 N–H and O–H groups in total. The van der Waals surface area contributed by atoms with Crippen molar-refractivity contribution in [3.8, 4) is 0 Å². The second-order valence-corrected chi connectivity index (χ2v) is 16.8. The number of β-lactam (4-membered cyclic amide) rings is 1. The summed E-state index contributed by atoms with van der Waals surface area (Å²) in [6.45, 7) is 6.25. The zero-order chi connectivity index (χ0) is 28.6. The molecule has 2 aromatic heterocycles. The number of carbonyl (C=O) groups is 4. The van der Waals surface area contributed by atoms with E-state index in [-0.39, 0.29) is 34.3 Å². The predicted octanol–water partition coefficient (Wildman–Crippen LogP) is 0.0455. The molecule has 2 aliphatic heterocycles. The van der Waals surface area contributed by atoms with Gasteiger partial charge in [0.1, 0.15) is 29.9 Å². The third-order valence-electron chi connectivity index (χ3n) is 6.13. The number of fused-ring (bicyclic) bond motifs is 1. The molecule has 0 saturated carbocycles. The van der Waals surface area contributed by atoms with Gasteiger partial charge in [-0.15, -0.1) is 23.1 Å². The number of hydrogen-bond donors (Lipinski definition) is 4. The maximum Gasteiger partial charge on any atom is 0.352 e. The summed E-state index contributed by atoms with van der Waals surface area (Å²) in [5.41, 5.74) is 6.26. The Balaban J connectivity index is 1.57. The van der Waals surface area contributed by atoms with Gasteiger partial charge in [0.25, 0.3) is 11.8 Å². The molecule has 2 amide bonds. The number of pyridine rings is 1. The molecule has 206 valence electrons. The molecule has 0 spiro atoms. The topological polar surface area (TPSA) is 188 Å². The molecule has 0 bridgehead atoms. The van der Waals surface area contributed by atoms with Gasteiger partial charge in [0, 0.05) is 28.0 Å². The van der Waals surface area contributed by atoms with E-state index < -0.39 is 43.2 Å². The molecule has 1 fully saturated rings. The predicted molar refractivity (Wildman–Crippen MR) is 146 cm³/mol. The molecule has 2 aliphatic rings. The quantitative estimate of drug-likeness (QED) is 0.102. The summed E-state index contributed by atoms with van der Waals surface area (Å²) in [6.07, 6.45) is 3.35. The SMILES string of the molecule is CO/N=C(\C(=O)N[C@@H]1C(=O)N2C(C(=O)O)=C(C[n+]3ccc(C(=O)O)c([Si](C)(C)C)c3)CS[C@H]12)c1csc(N)n1. The van der Waals surface area contributed by atoms with E-state index in [2.05, 4.69) is 15.5 Å². The van der Waals surface area contributed by atoms with Crippen LogP contribution in [0.2, 0.25) is 19.6 Å². The minimum atomic E-state index is -2.04. The monoisotopic (exact) mass is 591 g/mol. The number of hydrogen-bond acceptors (Lipinski definition) is 10. The summed E-state index contributed by atoms with van der Waals surface area (Å²) in [6, 6.07) is 0.544. The third-order valence-corrected chi connectivity index (χ3v) is 10.2. The van der Waals surface area contributed by atoms with E-state index in [1.54, 1.807) is 17.0 Å². The Morgan fingerprint density at radius 1 is 1.31 bits per heavy atom. The number of nitrogen functional groups attached to an aromatic ring is 1. The summed E-state index contributed by atoms with van der Waals surface area (Å²) in [5, 5.41) is 27.8. The molecule has 39 heavy (non-hydrogen) atoms. The van der Waals surface area contributed by atoms with Gasteiger partial charge in [-0.05, 0) is 0 Å². The molecule has 16 heteroatoms. The number of carboxylic acid groups (broad SMARTS) is 2. The fourth-order valence-corrected chi connectivity index (χ4v) is 7.78. The van der Waals surface area contributed by atoms with Crippen LogP contribution in [0.5, 0.6) is 0 Å². The van der Waals surface area contributed by atoms with Crippen LogP contribution in [0.4, 0.5) is 5.13 Å². The Labute approximate surface area is 232 Å². The average Bonchev–Trinajstić information content (AvgIpc) is 3.30. The number of aliphatic carboxylic acids is 1. The Kier molecular flexibility index (Phi) is 7.81. The number of aromatic nitrogens is 2. The first-order chi connectivity index (χ1) is 18.3. The van der Waals surface area contributed by atoms with Crippen molar-refractivity contribution >= 4 is 71.0 Å². The molecule has 0 unspecified atom stereocenters. The van der Waals surface area contributed by atoms with Crippen LogP contribution >= 0.6 is 23.1 Å². The van der Waals surface area contributed by atoms with E-state index in [4.69, 9.17) is 10.6 Å². The highest BCUT2D eigenvalue weighted by Crippen LogP contribution is 2.40. The van der Waals surface area contributed by atoms with Crippen LogP contribution in [0.3, 0.4) is 0 Å². The molecule has 0 aromatic carbocycles. The average molecular weight is 592 g/mol. The summed E-state index contributed by atoms with van der Waals surface area (Å²) in [4.78, 5) is 60.0. The van der Waals surface area contributed by atoms with Crippen molar-refractivity contribution in [1.29, 1.82) is 0 Å². The van der Waals surface area contributed by atoms with Crippen LogP contribution in [0.15, 0.2) is 40.3 Å². The number of nitrogens with two attached hydrogens (primary N) is 1. The standard InChI is InChI=1S/C23H26N6O7S2Si/c1-36-27-15(13-10-38-23(24)25-13)18(30)26-16-19(31)29-17(22(34)35)11(9-37-20(16)29)7-28-6-5-12(21(32)33)14(8-28)39(2,3)4/h5-6,8,10,16,20H,7,9H2,1-4H3,(H4-,24,25,26,30,32,33,34,35)/p+1/b27-15-/t16-,20-/m1/s1.